The molecule has 0 aliphatic carbocycles. The lowest BCUT2D eigenvalue weighted by atomic mass is 10.1. The van der Waals surface area contributed by atoms with Crippen molar-refractivity contribution >= 4 is 33.3 Å². The first-order valence-corrected chi connectivity index (χ1v) is 8.70. The number of thiophene rings is 1. The minimum absolute atomic E-state index is 0.0360. The highest BCUT2D eigenvalue weighted by Gasteiger charge is 2.23. The molecule has 0 aromatic carbocycles. The third kappa shape index (κ3) is 3.16. The summed E-state index contributed by atoms with van der Waals surface area (Å²) in [5.74, 6) is 1.62. The Morgan fingerprint density at radius 2 is 1.96 bits per heavy atom. The molecule has 2 aromatic heterocycles. The van der Waals surface area contributed by atoms with Crippen molar-refractivity contribution in [2.45, 2.75) is 33.7 Å². The van der Waals surface area contributed by atoms with E-state index in [4.69, 9.17) is 4.74 Å². The molecule has 0 bridgehead atoms. The van der Waals surface area contributed by atoms with Crippen LogP contribution in [0.4, 0.5) is 5.82 Å². The predicted octanol–water partition coefficient (Wildman–Crippen LogP) is 2.28. The van der Waals surface area contributed by atoms with Gasteiger partial charge in [-0.05, 0) is 33.3 Å². The maximum Gasteiger partial charge on any atom is 0.261 e. The number of amides is 1. The van der Waals surface area contributed by atoms with Gasteiger partial charge < -0.3 is 15.0 Å². The van der Waals surface area contributed by atoms with Crippen LogP contribution in [0, 0.1) is 13.8 Å². The van der Waals surface area contributed by atoms with Crippen molar-refractivity contribution in [2.75, 3.05) is 31.2 Å². The fourth-order valence-electron chi connectivity index (χ4n) is 2.77. The minimum Gasteiger partial charge on any atom is -0.378 e. The molecule has 0 radical (unpaired) electrons. The van der Waals surface area contributed by atoms with Crippen LogP contribution in [0.5, 0.6) is 0 Å². The Kier molecular flexibility index (Phi) is 4.50. The van der Waals surface area contributed by atoms with Crippen LogP contribution in [0.25, 0.3) is 10.2 Å². The maximum atomic E-state index is 12.4. The molecule has 2 aromatic rings. The van der Waals surface area contributed by atoms with Gasteiger partial charge in [0.2, 0.25) is 0 Å². The molecule has 0 atom stereocenters. The summed E-state index contributed by atoms with van der Waals surface area (Å²) in [6, 6.07) is 0.110. The van der Waals surface area contributed by atoms with Crippen molar-refractivity contribution in [2.24, 2.45) is 0 Å². The number of nitrogens with one attached hydrogen (secondary N) is 1. The lowest BCUT2D eigenvalue weighted by Gasteiger charge is -2.28. The molecule has 0 spiro atoms. The molecular formula is C16H22N4O2S. The summed E-state index contributed by atoms with van der Waals surface area (Å²) in [7, 11) is 0. The normalized spacial score (nSPS) is 15.4. The molecule has 1 aliphatic rings. The Morgan fingerprint density at radius 3 is 2.61 bits per heavy atom. The van der Waals surface area contributed by atoms with Crippen molar-refractivity contribution in [1.29, 1.82) is 0 Å². The molecule has 1 N–H and O–H groups in total. The topological polar surface area (TPSA) is 67.4 Å². The number of aromatic nitrogens is 2. The van der Waals surface area contributed by atoms with Crippen LogP contribution in [0.3, 0.4) is 0 Å². The van der Waals surface area contributed by atoms with Crippen molar-refractivity contribution in [3.8, 4) is 0 Å². The van der Waals surface area contributed by atoms with Crippen molar-refractivity contribution in [1.82, 2.24) is 15.3 Å². The van der Waals surface area contributed by atoms with Gasteiger partial charge in [0.15, 0.2) is 0 Å². The molecule has 1 saturated heterocycles. The molecule has 6 nitrogen and oxygen atoms in total. The largest absolute Gasteiger partial charge is 0.378 e. The molecule has 1 amide bonds. The van der Waals surface area contributed by atoms with Crippen molar-refractivity contribution in [3.63, 3.8) is 0 Å². The van der Waals surface area contributed by atoms with E-state index >= 15 is 0 Å². The monoisotopic (exact) mass is 334 g/mol. The zero-order valence-corrected chi connectivity index (χ0v) is 14.8. The van der Waals surface area contributed by atoms with Gasteiger partial charge in [-0.15, -0.1) is 11.3 Å². The second kappa shape index (κ2) is 6.41. The van der Waals surface area contributed by atoms with E-state index in [2.05, 4.69) is 20.2 Å². The number of carbonyl (C=O) groups excluding carboxylic acids is 1. The number of morpholine rings is 1. The number of ether oxygens (including phenoxy) is 1. The molecule has 0 unspecified atom stereocenters. The predicted molar refractivity (Wildman–Crippen MR) is 92.5 cm³/mol. The molecule has 23 heavy (non-hydrogen) atoms. The number of aryl methyl sites for hydroxylation is 2. The smallest absolute Gasteiger partial charge is 0.261 e. The summed E-state index contributed by atoms with van der Waals surface area (Å²) in [5.41, 5.74) is 0.963. The molecule has 3 rings (SSSR count). The molecule has 3 heterocycles. The molecule has 1 aliphatic heterocycles. The Bertz CT molecular complexity index is 735. The number of rotatable bonds is 3. The third-order valence-electron chi connectivity index (χ3n) is 3.82. The Labute approximate surface area is 139 Å². The number of nitrogens with zero attached hydrogens (tertiary/aromatic N) is 3. The number of hydrogen-bond acceptors (Lipinski definition) is 6. The SMILES string of the molecule is Cc1nc(N2CCOCC2)c2c(C)c(C(=O)NC(C)C)sc2n1. The van der Waals surface area contributed by atoms with Crippen LogP contribution in [-0.4, -0.2) is 48.2 Å². The average molecular weight is 334 g/mol. The number of hydrogen-bond donors (Lipinski definition) is 1. The van der Waals surface area contributed by atoms with Gasteiger partial charge in [0.1, 0.15) is 16.5 Å². The summed E-state index contributed by atoms with van der Waals surface area (Å²) in [4.78, 5) is 25.5. The molecule has 0 saturated carbocycles. The first-order valence-electron chi connectivity index (χ1n) is 7.88. The summed E-state index contributed by atoms with van der Waals surface area (Å²) >= 11 is 1.45. The van der Waals surface area contributed by atoms with Crippen LogP contribution < -0.4 is 10.2 Å². The second-order valence-electron chi connectivity index (χ2n) is 6.06. The first kappa shape index (κ1) is 16.1. The second-order valence-corrected chi connectivity index (χ2v) is 7.06. The van der Waals surface area contributed by atoms with E-state index in [1.165, 1.54) is 11.3 Å². The zero-order chi connectivity index (χ0) is 16.6. The summed E-state index contributed by atoms with van der Waals surface area (Å²) < 4.78 is 5.43. The van der Waals surface area contributed by atoms with E-state index in [1.54, 1.807) is 0 Å². The van der Waals surface area contributed by atoms with E-state index in [0.29, 0.717) is 13.2 Å². The Morgan fingerprint density at radius 1 is 1.26 bits per heavy atom. The van der Waals surface area contributed by atoms with Crippen LogP contribution in [0.1, 0.15) is 34.9 Å². The average Bonchev–Trinajstić information content (AvgIpc) is 2.83. The molecule has 7 heteroatoms. The minimum atomic E-state index is -0.0360. The Hall–Kier alpha value is -1.73. The lowest BCUT2D eigenvalue weighted by molar-refractivity contribution is 0.0946. The quantitative estimate of drug-likeness (QED) is 0.933. The highest BCUT2D eigenvalue weighted by Crippen LogP contribution is 2.35. The van der Waals surface area contributed by atoms with E-state index in [9.17, 15) is 4.79 Å². The molecule has 124 valence electrons. The van der Waals surface area contributed by atoms with Crippen LogP contribution in [0.15, 0.2) is 0 Å². The van der Waals surface area contributed by atoms with E-state index in [-0.39, 0.29) is 11.9 Å². The maximum absolute atomic E-state index is 12.4. The van der Waals surface area contributed by atoms with Gasteiger partial charge in [-0.1, -0.05) is 0 Å². The van der Waals surface area contributed by atoms with E-state index in [0.717, 1.165) is 45.4 Å². The summed E-state index contributed by atoms with van der Waals surface area (Å²) in [5, 5.41) is 3.96. The standard InChI is InChI=1S/C16H22N4O2S/c1-9(2)17-15(21)13-10(3)12-14(20-5-7-22-8-6-20)18-11(4)19-16(12)23-13/h9H,5-8H2,1-4H3,(H,17,21). The van der Waals surface area contributed by atoms with Gasteiger partial charge in [0, 0.05) is 19.1 Å². The lowest BCUT2D eigenvalue weighted by Crippen LogP contribution is -2.37. The zero-order valence-electron chi connectivity index (χ0n) is 14.0. The van der Waals surface area contributed by atoms with Crippen LogP contribution in [-0.2, 0) is 4.74 Å². The number of anilines is 1. The van der Waals surface area contributed by atoms with Gasteiger partial charge in [-0.2, -0.15) is 0 Å². The fraction of sp³-hybridized carbons (Fsp3) is 0.562. The van der Waals surface area contributed by atoms with Crippen LogP contribution >= 0.6 is 11.3 Å². The van der Waals surface area contributed by atoms with E-state index < -0.39 is 0 Å². The molecular weight excluding hydrogens is 312 g/mol. The van der Waals surface area contributed by atoms with Crippen LogP contribution in [0.2, 0.25) is 0 Å². The van der Waals surface area contributed by atoms with Gasteiger partial charge in [-0.3, -0.25) is 4.79 Å². The first-order chi connectivity index (χ1) is 11.0. The summed E-state index contributed by atoms with van der Waals surface area (Å²) in [6.45, 7) is 10.8. The van der Waals surface area contributed by atoms with Gasteiger partial charge in [0.05, 0.1) is 23.5 Å². The third-order valence-corrected chi connectivity index (χ3v) is 5.00. The highest BCUT2D eigenvalue weighted by molar-refractivity contribution is 7.20. The number of fused-ring (bicyclic) bond motifs is 1. The molecule has 1 fully saturated rings. The van der Waals surface area contributed by atoms with Crippen molar-refractivity contribution < 1.29 is 9.53 Å². The van der Waals surface area contributed by atoms with Crippen molar-refractivity contribution in [3.05, 3.63) is 16.3 Å². The van der Waals surface area contributed by atoms with Gasteiger partial charge in [-0.25, -0.2) is 9.97 Å². The van der Waals surface area contributed by atoms with Gasteiger partial charge in [0.25, 0.3) is 5.91 Å². The fourth-order valence-corrected chi connectivity index (χ4v) is 3.89. The number of carbonyl (C=O) groups is 1. The van der Waals surface area contributed by atoms with E-state index in [1.807, 2.05) is 27.7 Å². The van der Waals surface area contributed by atoms with Gasteiger partial charge >= 0.3 is 0 Å². The Balaban J connectivity index is 2.10. The summed E-state index contributed by atoms with van der Waals surface area (Å²) in [6.07, 6.45) is 0. The highest BCUT2D eigenvalue weighted by atomic mass is 32.1.